The van der Waals surface area contributed by atoms with Crippen LogP contribution in [0.25, 0.3) is 0 Å². The van der Waals surface area contributed by atoms with Gasteiger partial charge in [-0.3, -0.25) is 4.90 Å². The number of guanidine groups is 1. The molecule has 0 radical (unpaired) electrons. The molecule has 6 heteroatoms. The van der Waals surface area contributed by atoms with Crippen LogP contribution in [0.2, 0.25) is 0 Å². The van der Waals surface area contributed by atoms with Gasteiger partial charge in [0.05, 0.1) is 20.8 Å². The standard InChI is InChI=1S/C23H32N4O2/c1-28-21-11-10-18(14-22(21)29-2)15-25-23(24)26-16-19-8-4-5-9-20(19)17-27-12-6-3-7-13-27/h4-5,8-11,14H,3,6-7,12-13,15-17H2,1-2H3,(H3,24,25,26). The first-order valence-electron chi connectivity index (χ1n) is 10.2. The predicted octanol–water partition coefficient (Wildman–Crippen LogP) is 3.29. The van der Waals surface area contributed by atoms with Crippen LogP contribution in [0.3, 0.4) is 0 Å². The highest BCUT2D eigenvalue weighted by molar-refractivity contribution is 5.77. The van der Waals surface area contributed by atoms with Crippen LogP contribution in [-0.2, 0) is 19.6 Å². The molecule has 3 rings (SSSR count). The number of hydrogen-bond donors (Lipinski definition) is 2. The van der Waals surface area contributed by atoms with Crippen LogP contribution in [0.15, 0.2) is 47.5 Å². The third-order valence-electron chi connectivity index (χ3n) is 5.30. The molecular formula is C23H32N4O2. The van der Waals surface area contributed by atoms with E-state index in [1.165, 1.54) is 43.5 Å². The van der Waals surface area contributed by atoms with E-state index in [9.17, 15) is 0 Å². The number of hydrogen-bond acceptors (Lipinski definition) is 4. The van der Waals surface area contributed by atoms with Crippen molar-refractivity contribution in [2.75, 3.05) is 27.3 Å². The fourth-order valence-electron chi connectivity index (χ4n) is 3.64. The molecule has 3 N–H and O–H groups in total. The summed E-state index contributed by atoms with van der Waals surface area (Å²) in [7, 11) is 3.25. The summed E-state index contributed by atoms with van der Waals surface area (Å²) in [4.78, 5) is 7.00. The van der Waals surface area contributed by atoms with Crippen LogP contribution < -0.4 is 20.5 Å². The molecule has 0 saturated carbocycles. The Kier molecular flexibility index (Phi) is 7.76. The van der Waals surface area contributed by atoms with E-state index in [0.717, 1.165) is 12.1 Å². The molecule has 0 aromatic heterocycles. The van der Waals surface area contributed by atoms with Crippen molar-refractivity contribution in [1.82, 2.24) is 10.2 Å². The fourth-order valence-corrected chi connectivity index (χ4v) is 3.64. The van der Waals surface area contributed by atoms with Gasteiger partial charge in [0, 0.05) is 13.1 Å². The lowest BCUT2D eigenvalue weighted by Crippen LogP contribution is -2.32. The quantitative estimate of drug-likeness (QED) is 0.529. The number of piperidine rings is 1. The molecular weight excluding hydrogens is 364 g/mol. The van der Waals surface area contributed by atoms with E-state index >= 15 is 0 Å². The summed E-state index contributed by atoms with van der Waals surface area (Å²) in [5.41, 5.74) is 9.74. The predicted molar refractivity (Wildman–Crippen MR) is 117 cm³/mol. The Labute approximate surface area is 173 Å². The number of methoxy groups -OCH3 is 2. The SMILES string of the molecule is COc1ccc(CN=C(N)NCc2ccccc2CN2CCCCC2)cc1OC. The molecule has 1 heterocycles. The normalized spacial score (nSPS) is 15.2. The Bertz CT molecular complexity index is 816. The van der Waals surface area contributed by atoms with Crippen molar-refractivity contribution in [3.63, 3.8) is 0 Å². The van der Waals surface area contributed by atoms with E-state index in [2.05, 4.69) is 39.5 Å². The molecule has 0 atom stereocenters. The maximum absolute atomic E-state index is 6.10. The summed E-state index contributed by atoms with van der Waals surface area (Å²) in [6.07, 6.45) is 3.96. The van der Waals surface area contributed by atoms with Gasteiger partial charge in [-0.25, -0.2) is 4.99 Å². The number of nitrogens with one attached hydrogen (secondary N) is 1. The van der Waals surface area contributed by atoms with Crippen molar-refractivity contribution in [2.45, 2.75) is 38.9 Å². The van der Waals surface area contributed by atoms with Gasteiger partial charge in [0.25, 0.3) is 0 Å². The summed E-state index contributed by atoms with van der Waals surface area (Å²) >= 11 is 0. The van der Waals surface area contributed by atoms with Crippen LogP contribution in [0, 0.1) is 0 Å². The summed E-state index contributed by atoms with van der Waals surface area (Å²) in [6.45, 7) is 4.54. The minimum atomic E-state index is 0.438. The average molecular weight is 397 g/mol. The molecule has 1 fully saturated rings. The highest BCUT2D eigenvalue weighted by atomic mass is 16.5. The molecule has 1 aliphatic rings. The number of nitrogens with two attached hydrogens (primary N) is 1. The summed E-state index contributed by atoms with van der Waals surface area (Å²) in [6, 6.07) is 14.3. The largest absolute Gasteiger partial charge is 0.493 e. The number of benzene rings is 2. The van der Waals surface area contributed by atoms with Gasteiger partial charge >= 0.3 is 0 Å². The van der Waals surface area contributed by atoms with Crippen molar-refractivity contribution in [3.05, 3.63) is 59.2 Å². The molecule has 29 heavy (non-hydrogen) atoms. The molecule has 0 amide bonds. The second kappa shape index (κ2) is 10.7. The number of ether oxygens (including phenoxy) is 2. The van der Waals surface area contributed by atoms with Gasteiger partial charge in [0.2, 0.25) is 0 Å². The number of nitrogens with zero attached hydrogens (tertiary/aromatic N) is 2. The van der Waals surface area contributed by atoms with Gasteiger partial charge in [-0.1, -0.05) is 36.8 Å². The van der Waals surface area contributed by atoms with Crippen molar-refractivity contribution < 1.29 is 9.47 Å². The lowest BCUT2D eigenvalue weighted by atomic mass is 10.0. The Morgan fingerprint density at radius 3 is 2.45 bits per heavy atom. The van der Waals surface area contributed by atoms with Gasteiger partial charge < -0.3 is 20.5 Å². The average Bonchev–Trinajstić information content (AvgIpc) is 2.77. The Balaban J connectivity index is 1.57. The molecule has 0 spiro atoms. The van der Waals surface area contributed by atoms with E-state index in [-0.39, 0.29) is 0 Å². The third kappa shape index (κ3) is 6.12. The van der Waals surface area contributed by atoms with Crippen LogP contribution in [0.5, 0.6) is 11.5 Å². The first kappa shape index (κ1) is 21.0. The summed E-state index contributed by atoms with van der Waals surface area (Å²) in [5.74, 6) is 1.84. The zero-order chi connectivity index (χ0) is 20.5. The van der Waals surface area contributed by atoms with E-state index in [1.54, 1.807) is 14.2 Å². The summed E-state index contributed by atoms with van der Waals surface area (Å²) < 4.78 is 10.6. The van der Waals surface area contributed by atoms with Crippen molar-refractivity contribution >= 4 is 5.96 Å². The first-order chi connectivity index (χ1) is 14.2. The second-order valence-electron chi connectivity index (χ2n) is 7.35. The second-order valence-corrected chi connectivity index (χ2v) is 7.35. The topological polar surface area (TPSA) is 72.1 Å². The number of likely N-dealkylation sites (tertiary alicyclic amines) is 1. The molecule has 0 aliphatic carbocycles. The maximum Gasteiger partial charge on any atom is 0.189 e. The highest BCUT2D eigenvalue weighted by Crippen LogP contribution is 2.27. The molecule has 6 nitrogen and oxygen atoms in total. The molecule has 156 valence electrons. The summed E-state index contributed by atoms with van der Waals surface area (Å²) in [5, 5.41) is 3.25. The fraction of sp³-hybridized carbons (Fsp3) is 0.435. The van der Waals surface area contributed by atoms with Crippen LogP contribution in [-0.4, -0.2) is 38.2 Å². The third-order valence-corrected chi connectivity index (χ3v) is 5.30. The Morgan fingerprint density at radius 2 is 1.72 bits per heavy atom. The van der Waals surface area contributed by atoms with E-state index in [0.29, 0.717) is 30.5 Å². The number of rotatable bonds is 8. The zero-order valence-corrected chi connectivity index (χ0v) is 17.5. The van der Waals surface area contributed by atoms with Crippen LogP contribution in [0.1, 0.15) is 36.0 Å². The van der Waals surface area contributed by atoms with E-state index in [1.807, 2.05) is 18.2 Å². The van der Waals surface area contributed by atoms with E-state index < -0.39 is 0 Å². The van der Waals surface area contributed by atoms with Gasteiger partial charge in [-0.2, -0.15) is 0 Å². The van der Waals surface area contributed by atoms with Gasteiger partial charge in [0.1, 0.15) is 0 Å². The monoisotopic (exact) mass is 396 g/mol. The first-order valence-corrected chi connectivity index (χ1v) is 10.2. The van der Waals surface area contributed by atoms with Crippen molar-refractivity contribution in [2.24, 2.45) is 10.7 Å². The molecule has 2 aromatic carbocycles. The minimum absolute atomic E-state index is 0.438. The van der Waals surface area contributed by atoms with Gasteiger partial charge in [0.15, 0.2) is 17.5 Å². The maximum atomic E-state index is 6.10. The highest BCUT2D eigenvalue weighted by Gasteiger charge is 2.12. The van der Waals surface area contributed by atoms with Crippen LogP contribution in [0.4, 0.5) is 0 Å². The van der Waals surface area contributed by atoms with Gasteiger partial charge in [-0.05, 0) is 54.8 Å². The molecule has 0 unspecified atom stereocenters. The van der Waals surface area contributed by atoms with Gasteiger partial charge in [-0.15, -0.1) is 0 Å². The molecule has 1 aliphatic heterocycles. The lowest BCUT2D eigenvalue weighted by molar-refractivity contribution is 0.220. The smallest absolute Gasteiger partial charge is 0.189 e. The lowest BCUT2D eigenvalue weighted by Gasteiger charge is -2.27. The Hall–Kier alpha value is -2.73. The van der Waals surface area contributed by atoms with E-state index in [4.69, 9.17) is 15.2 Å². The number of aliphatic imine (C=N–C) groups is 1. The van der Waals surface area contributed by atoms with Crippen LogP contribution >= 0.6 is 0 Å². The van der Waals surface area contributed by atoms with Crippen molar-refractivity contribution in [3.8, 4) is 11.5 Å². The molecule has 2 aromatic rings. The Morgan fingerprint density at radius 1 is 1.00 bits per heavy atom. The van der Waals surface area contributed by atoms with Crippen molar-refractivity contribution in [1.29, 1.82) is 0 Å². The minimum Gasteiger partial charge on any atom is -0.493 e. The molecule has 0 bridgehead atoms. The zero-order valence-electron chi connectivity index (χ0n) is 17.5. The molecule has 1 saturated heterocycles.